The first-order valence-corrected chi connectivity index (χ1v) is 11.0. The topological polar surface area (TPSA) is 232 Å². The van der Waals surface area contributed by atoms with Crippen molar-refractivity contribution in [3.8, 4) is 0 Å². The molecule has 0 fully saturated rings. The molecule has 0 aliphatic carbocycles. The average molecular weight is 543 g/mol. The zero-order valence-electron chi connectivity index (χ0n) is 22.2. The molecular formula is C24H46O13. The Kier molecular flexibility index (Phi) is 37.6. The molecule has 0 saturated carbocycles. The van der Waals surface area contributed by atoms with E-state index in [-0.39, 0.29) is 38.6 Å². The van der Waals surface area contributed by atoms with Gasteiger partial charge >= 0.3 is 17.9 Å². The van der Waals surface area contributed by atoms with Crippen molar-refractivity contribution in [2.24, 2.45) is 5.41 Å². The van der Waals surface area contributed by atoms with Gasteiger partial charge in [-0.1, -0.05) is 26.7 Å². The predicted molar refractivity (Wildman–Crippen MR) is 137 cm³/mol. The van der Waals surface area contributed by atoms with Crippen LogP contribution in [-0.4, -0.2) is 117 Å². The van der Waals surface area contributed by atoms with Crippen molar-refractivity contribution in [1.82, 2.24) is 0 Å². The van der Waals surface area contributed by atoms with Crippen molar-refractivity contribution < 1.29 is 64.7 Å². The minimum Gasteiger partial charge on any atom is -0.478 e. The Morgan fingerprint density at radius 2 is 1.03 bits per heavy atom. The zero-order chi connectivity index (χ0) is 30.4. The van der Waals surface area contributed by atoms with Crippen LogP contribution < -0.4 is 0 Å². The molecule has 0 amide bonds. The van der Waals surface area contributed by atoms with Crippen molar-refractivity contribution in [3.63, 3.8) is 0 Å². The zero-order valence-corrected chi connectivity index (χ0v) is 22.2. The average Bonchev–Trinajstić information content (AvgIpc) is 2.88. The van der Waals surface area contributed by atoms with Gasteiger partial charge in [-0.15, -0.1) is 0 Å². The summed E-state index contributed by atoms with van der Waals surface area (Å²) in [5, 5.41) is 66.4. The van der Waals surface area contributed by atoms with Crippen LogP contribution in [0.2, 0.25) is 0 Å². The lowest BCUT2D eigenvalue weighted by atomic mass is 9.88. The Balaban J connectivity index is -0.000000124. The quantitative estimate of drug-likeness (QED) is 0.138. The Labute approximate surface area is 218 Å². The van der Waals surface area contributed by atoms with Crippen molar-refractivity contribution in [1.29, 1.82) is 0 Å². The summed E-state index contributed by atoms with van der Waals surface area (Å²) in [7, 11) is 0. The van der Waals surface area contributed by atoms with Gasteiger partial charge in [0.15, 0.2) is 0 Å². The number of carboxylic acids is 3. The predicted octanol–water partition coefficient (Wildman–Crippen LogP) is 0.300. The third-order valence-electron chi connectivity index (χ3n) is 3.77. The first-order valence-electron chi connectivity index (χ1n) is 11.0. The number of aliphatic hydroxyl groups excluding tert-OH is 5. The van der Waals surface area contributed by atoms with Crippen LogP contribution in [0.15, 0.2) is 38.0 Å². The molecule has 0 aromatic carbocycles. The molecule has 0 aromatic rings. The highest BCUT2D eigenvalue weighted by Gasteiger charge is 2.24. The van der Waals surface area contributed by atoms with Crippen molar-refractivity contribution >= 4 is 17.9 Å². The Bertz CT molecular complexity index is 527. The molecule has 0 rings (SSSR count). The van der Waals surface area contributed by atoms with Crippen LogP contribution in [0.5, 0.6) is 0 Å². The number of hydrogen-bond donors (Lipinski definition) is 8. The number of aliphatic hydroxyl groups is 5. The molecule has 13 heteroatoms. The number of hydrogen-bond acceptors (Lipinski definition) is 10. The summed E-state index contributed by atoms with van der Waals surface area (Å²) in [5.41, 5.74) is -0.667. The number of carboxylic acid groups (broad SMARTS) is 3. The number of rotatable bonds is 14. The van der Waals surface area contributed by atoms with E-state index < -0.39 is 29.4 Å². The van der Waals surface area contributed by atoms with E-state index in [0.717, 1.165) is 18.2 Å². The van der Waals surface area contributed by atoms with E-state index in [9.17, 15) is 14.4 Å². The number of aliphatic carboxylic acids is 3. The molecule has 0 spiro atoms. The van der Waals surface area contributed by atoms with E-state index in [1.54, 1.807) is 13.8 Å². The fourth-order valence-electron chi connectivity index (χ4n) is 1.19. The van der Waals surface area contributed by atoms with E-state index in [1.807, 2.05) is 13.8 Å². The monoisotopic (exact) mass is 542 g/mol. The lowest BCUT2D eigenvalue weighted by molar-refractivity contribution is -0.132. The third kappa shape index (κ3) is 43.8. The van der Waals surface area contributed by atoms with E-state index in [0.29, 0.717) is 19.6 Å². The summed E-state index contributed by atoms with van der Waals surface area (Å²) in [6, 6.07) is 0. The normalized spacial score (nSPS) is 11.9. The van der Waals surface area contributed by atoms with Gasteiger partial charge in [0.25, 0.3) is 0 Å². The maximum absolute atomic E-state index is 9.25. The minimum atomic E-state index is -0.981. The standard InChI is InChI=1S/C9H20O4.C6H14O3.3C3H4O2/c1-7(11)5-12-9(3)6-13-8(2)4-10;1-2-6(3-7,4-8)5-9;3*1-2-3(4)5/h7-11H,4-6H2,1-3H3;7-9H,2-5H2,1H3;3*2H,1H2,(H,4,5). The fraction of sp³-hybridized carbons (Fsp3) is 0.625. The molecule has 220 valence electrons. The van der Waals surface area contributed by atoms with Crippen LogP contribution in [0, 0.1) is 5.41 Å². The Morgan fingerprint density at radius 3 is 1.19 bits per heavy atom. The van der Waals surface area contributed by atoms with E-state index in [1.165, 1.54) is 0 Å². The summed E-state index contributed by atoms with van der Waals surface area (Å²) in [6.45, 7) is 16.3. The van der Waals surface area contributed by atoms with Crippen molar-refractivity contribution in [3.05, 3.63) is 38.0 Å². The largest absolute Gasteiger partial charge is 0.478 e. The van der Waals surface area contributed by atoms with Crippen molar-refractivity contribution in [2.45, 2.75) is 52.4 Å². The van der Waals surface area contributed by atoms with Gasteiger partial charge in [-0.3, -0.25) is 0 Å². The highest BCUT2D eigenvalue weighted by Crippen LogP contribution is 2.18. The van der Waals surface area contributed by atoms with Crippen molar-refractivity contribution in [2.75, 3.05) is 39.6 Å². The van der Waals surface area contributed by atoms with Gasteiger partial charge in [0.1, 0.15) is 0 Å². The van der Waals surface area contributed by atoms with Gasteiger partial charge in [-0.2, -0.15) is 0 Å². The Morgan fingerprint density at radius 1 is 0.730 bits per heavy atom. The summed E-state index contributed by atoms with van der Waals surface area (Å²) >= 11 is 0. The van der Waals surface area contributed by atoms with Gasteiger partial charge in [0.05, 0.1) is 58.0 Å². The first-order chi connectivity index (χ1) is 17.1. The lowest BCUT2D eigenvalue weighted by Gasteiger charge is -2.24. The van der Waals surface area contributed by atoms with Gasteiger partial charge in [0, 0.05) is 23.6 Å². The van der Waals surface area contributed by atoms with Gasteiger partial charge in [-0.25, -0.2) is 14.4 Å². The minimum absolute atomic E-state index is 0.0170. The molecule has 3 atom stereocenters. The van der Waals surface area contributed by atoms with Gasteiger partial charge < -0.3 is 50.3 Å². The second-order valence-electron chi connectivity index (χ2n) is 7.27. The highest BCUT2D eigenvalue weighted by molar-refractivity contribution is 5.79. The molecule has 0 aliphatic heterocycles. The summed E-state index contributed by atoms with van der Waals surface area (Å²) in [6.07, 6.45) is 2.44. The molecule has 0 aromatic heterocycles. The van der Waals surface area contributed by atoms with Crippen LogP contribution >= 0.6 is 0 Å². The molecule has 0 heterocycles. The van der Waals surface area contributed by atoms with Crippen LogP contribution in [0.1, 0.15) is 34.1 Å². The molecule has 0 saturated heterocycles. The van der Waals surface area contributed by atoms with E-state index >= 15 is 0 Å². The maximum Gasteiger partial charge on any atom is 0.327 e. The summed E-state index contributed by atoms with van der Waals surface area (Å²) < 4.78 is 10.5. The molecule has 3 unspecified atom stereocenters. The van der Waals surface area contributed by atoms with Crippen LogP contribution in [0.25, 0.3) is 0 Å². The lowest BCUT2D eigenvalue weighted by Crippen LogP contribution is -2.32. The maximum atomic E-state index is 9.25. The van der Waals surface area contributed by atoms with Crippen LogP contribution in [0.4, 0.5) is 0 Å². The molecule has 0 radical (unpaired) electrons. The molecule has 0 bridgehead atoms. The molecule has 13 nitrogen and oxygen atoms in total. The first kappa shape index (κ1) is 44.4. The third-order valence-corrected chi connectivity index (χ3v) is 3.77. The number of carbonyl (C=O) groups is 3. The Hall–Kier alpha value is -2.65. The molecule has 37 heavy (non-hydrogen) atoms. The smallest absolute Gasteiger partial charge is 0.327 e. The molecule has 8 N–H and O–H groups in total. The second kappa shape index (κ2) is 31.4. The molecular weight excluding hydrogens is 496 g/mol. The second-order valence-corrected chi connectivity index (χ2v) is 7.27. The SMILES string of the molecule is C=CC(=O)O.C=CC(=O)O.C=CC(=O)O.CC(O)COC(C)COC(C)CO.CCC(CO)(CO)CO. The summed E-state index contributed by atoms with van der Waals surface area (Å²) in [5.74, 6) is -2.94. The highest BCUT2D eigenvalue weighted by atomic mass is 16.5. The summed E-state index contributed by atoms with van der Waals surface area (Å²) in [4.78, 5) is 27.8. The van der Waals surface area contributed by atoms with Crippen LogP contribution in [-0.2, 0) is 23.9 Å². The van der Waals surface area contributed by atoms with E-state index in [2.05, 4.69) is 19.7 Å². The van der Waals surface area contributed by atoms with Gasteiger partial charge in [0.2, 0.25) is 0 Å². The van der Waals surface area contributed by atoms with Gasteiger partial charge in [-0.05, 0) is 27.2 Å². The fourth-order valence-corrected chi connectivity index (χ4v) is 1.19. The van der Waals surface area contributed by atoms with Crippen LogP contribution in [0.3, 0.4) is 0 Å². The number of ether oxygens (including phenoxy) is 2. The van der Waals surface area contributed by atoms with E-state index in [4.69, 9.17) is 50.3 Å². The molecule has 0 aliphatic rings.